The molecule has 0 amide bonds. The molecular weight excluding hydrogens is 485 g/mol. The number of hydrogen-bond donors (Lipinski definition) is 0. The summed E-state index contributed by atoms with van der Waals surface area (Å²) >= 11 is 0. The highest BCUT2D eigenvalue weighted by Gasteiger charge is 2.20. The Morgan fingerprint density at radius 3 is 2.06 bits per heavy atom. The van der Waals surface area contributed by atoms with Gasteiger partial charge in [-0.3, -0.25) is 0 Å². The number of fused-ring (bicyclic) bond motifs is 1. The predicted molar refractivity (Wildman–Crippen MR) is 124 cm³/mol. The molecule has 8 heteroatoms. The Balaban J connectivity index is 1.68. The lowest BCUT2D eigenvalue weighted by Gasteiger charge is -2.12. The van der Waals surface area contributed by atoms with Crippen molar-refractivity contribution in [2.45, 2.75) is 39.2 Å². The lowest BCUT2D eigenvalue weighted by Crippen LogP contribution is -2.06. The van der Waals surface area contributed by atoms with Crippen LogP contribution in [-0.4, -0.2) is 6.61 Å². The summed E-state index contributed by atoms with van der Waals surface area (Å²) in [6.07, 6.45) is 3.26. The maximum Gasteiger partial charge on any atom is 0.387 e. The molecule has 4 aromatic carbocycles. The van der Waals surface area contributed by atoms with Gasteiger partial charge in [0.1, 0.15) is 17.5 Å². The molecule has 0 aliphatic carbocycles. The minimum absolute atomic E-state index is 0.00183. The highest BCUT2D eigenvalue weighted by molar-refractivity contribution is 5.89. The van der Waals surface area contributed by atoms with E-state index in [4.69, 9.17) is 0 Å². The maximum atomic E-state index is 15.0. The standard InChI is InChI=1S/C28H21F7O/c1-2-3-4-5-15-10-22(30)25(23(31)11-15)17-7-8-19(21(29)13-17)16-6-9-20-18(12-16)14-24(32)27(26(20)33)36-28(34)35/h6-14,28H,2-5H2,1H3. The molecule has 1 nitrogen and oxygen atoms in total. The fourth-order valence-corrected chi connectivity index (χ4v) is 4.21. The van der Waals surface area contributed by atoms with E-state index < -0.39 is 41.4 Å². The summed E-state index contributed by atoms with van der Waals surface area (Å²) in [6, 6.07) is 10.7. The van der Waals surface area contributed by atoms with E-state index in [9.17, 15) is 26.3 Å². The van der Waals surface area contributed by atoms with Crippen molar-refractivity contribution in [3.63, 3.8) is 0 Å². The number of hydrogen-bond acceptors (Lipinski definition) is 1. The van der Waals surface area contributed by atoms with Crippen molar-refractivity contribution in [1.29, 1.82) is 0 Å². The first-order chi connectivity index (χ1) is 17.2. The normalized spacial score (nSPS) is 11.5. The Kier molecular flexibility index (Phi) is 7.52. The zero-order valence-corrected chi connectivity index (χ0v) is 19.2. The highest BCUT2D eigenvalue weighted by atomic mass is 19.3. The molecular formula is C28H21F7O. The van der Waals surface area contributed by atoms with E-state index in [1.165, 1.54) is 42.5 Å². The van der Waals surface area contributed by atoms with E-state index in [2.05, 4.69) is 4.74 Å². The molecule has 36 heavy (non-hydrogen) atoms. The van der Waals surface area contributed by atoms with Crippen LogP contribution in [0.15, 0.2) is 54.6 Å². The van der Waals surface area contributed by atoms with Crippen LogP contribution in [0.3, 0.4) is 0 Å². The van der Waals surface area contributed by atoms with Gasteiger partial charge in [-0.2, -0.15) is 8.78 Å². The van der Waals surface area contributed by atoms with E-state index in [1.54, 1.807) is 0 Å². The van der Waals surface area contributed by atoms with Crippen molar-refractivity contribution < 1.29 is 35.5 Å². The van der Waals surface area contributed by atoms with Crippen molar-refractivity contribution in [2.24, 2.45) is 0 Å². The van der Waals surface area contributed by atoms with Gasteiger partial charge in [0.15, 0.2) is 17.4 Å². The summed E-state index contributed by atoms with van der Waals surface area (Å²) < 4.78 is 102. The molecule has 0 saturated carbocycles. The third kappa shape index (κ3) is 5.17. The predicted octanol–water partition coefficient (Wildman–Crippen LogP) is 9.20. The van der Waals surface area contributed by atoms with Crippen molar-refractivity contribution in [1.82, 2.24) is 0 Å². The van der Waals surface area contributed by atoms with Gasteiger partial charge in [0.2, 0.25) is 0 Å². The van der Waals surface area contributed by atoms with Gasteiger partial charge in [-0.05, 0) is 65.3 Å². The van der Waals surface area contributed by atoms with Crippen molar-refractivity contribution >= 4 is 10.8 Å². The number of alkyl halides is 2. The molecule has 0 bridgehead atoms. The third-order valence-electron chi connectivity index (χ3n) is 5.93. The summed E-state index contributed by atoms with van der Waals surface area (Å²) in [6.45, 7) is -1.39. The molecule has 0 spiro atoms. The topological polar surface area (TPSA) is 9.23 Å². The van der Waals surface area contributed by atoms with E-state index in [0.717, 1.165) is 31.4 Å². The van der Waals surface area contributed by atoms with Crippen LogP contribution in [0.2, 0.25) is 0 Å². The first-order valence-corrected chi connectivity index (χ1v) is 11.3. The van der Waals surface area contributed by atoms with Gasteiger partial charge in [-0.1, -0.05) is 44.0 Å². The maximum absolute atomic E-state index is 15.0. The number of aryl methyl sites for hydroxylation is 1. The Morgan fingerprint density at radius 1 is 0.722 bits per heavy atom. The van der Waals surface area contributed by atoms with Gasteiger partial charge < -0.3 is 4.74 Å². The van der Waals surface area contributed by atoms with E-state index in [-0.39, 0.29) is 33.0 Å². The quantitative estimate of drug-likeness (QED) is 0.171. The molecule has 188 valence electrons. The Hall–Kier alpha value is -3.55. The van der Waals surface area contributed by atoms with Gasteiger partial charge in [-0.15, -0.1) is 0 Å². The summed E-state index contributed by atoms with van der Waals surface area (Å²) in [7, 11) is 0. The Bertz CT molecular complexity index is 1390. The smallest absolute Gasteiger partial charge is 0.387 e. The van der Waals surface area contributed by atoms with Crippen LogP contribution in [0, 0.1) is 29.1 Å². The van der Waals surface area contributed by atoms with Crippen LogP contribution in [0.1, 0.15) is 31.7 Å². The SMILES string of the molecule is CCCCCc1cc(F)c(-c2ccc(-c3ccc4c(F)c(OC(F)F)c(F)cc4c3)c(F)c2)c(F)c1. The zero-order valence-electron chi connectivity index (χ0n) is 19.2. The summed E-state index contributed by atoms with van der Waals surface area (Å²) in [5.74, 6) is -6.26. The molecule has 0 atom stereocenters. The number of halogens is 7. The highest BCUT2D eigenvalue weighted by Crippen LogP contribution is 2.36. The molecule has 0 unspecified atom stereocenters. The zero-order chi connectivity index (χ0) is 26.0. The van der Waals surface area contributed by atoms with Gasteiger partial charge in [0, 0.05) is 10.9 Å². The second kappa shape index (κ2) is 10.6. The van der Waals surface area contributed by atoms with Crippen LogP contribution in [0.25, 0.3) is 33.0 Å². The number of rotatable bonds is 8. The van der Waals surface area contributed by atoms with Gasteiger partial charge in [-0.25, -0.2) is 22.0 Å². The fraction of sp³-hybridized carbons (Fsp3) is 0.214. The van der Waals surface area contributed by atoms with Gasteiger partial charge >= 0.3 is 6.61 Å². The minimum Gasteiger partial charge on any atom is -0.429 e. The summed E-state index contributed by atoms with van der Waals surface area (Å²) in [4.78, 5) is 0. The molecule has 0 N–H and O–H groups in total. The van der Waals surface area contributed by atoms with Crippen LogP contribution < -0.4 is 4.74 Å². The van der Waals surface area contributed by atoms with Gasteiger partial charge in [0.25, 0.3) is 0 Å². The molecule has 0 radical (unpaired) electrons. The first kappa shape index (κ1) is 25.5. The van der Waals surface area contributed by atoms with E-state index in [1.807, 2.05) is 6.92 Å². The van der Waals surface area contributed by atoms with Crippen molar-refractivity contribution in [3.8, 4) is 28.0 Å². The number of unbranched alkanes of at least 4 members (excludes halogenated alkanes) is 2. The van der Waals surface area contributed by atoms with E-state index >= 15 is 4.39 Å². The molecule has 0 heterocycles. The average molecular weight is 506 g/mol. The largest absolute Gasteiger partial charge is 0.429 e. The molecule has 4 aromatic rings. The van der Waals surface area contributed by atoms with Crippen LogP contribution >= 0.6 is 0 Å². The monoisotopic (exact) mass is 506 g/mol. The average Bonchev–Trinajstić information content (AvgIpc) is 2.81. The van der Waals surface area contributed by atoms with Crippen molar-refractivity contribution in [3.05, 3.63) is 89.2 Å². The summed E-state index contributed by atoms with van der Waals surface area (Å²) in [5.41, 5.74) is 0.412. The summed E-state index contributed by atoms with van der Waals surface area (Å²) in [5, 5.41) is -0.209. The Morgan fingerprint density at radius 2 is 1.42 bits per heavy atom. The van der Waals surface area contributed by atoms with Crippen LogP contribution in [0.4, 0.5) is 30.7 Å². The number of benzene rings is 4. The second-order valence-corrected chi connectivity index (χ2v) is 8.40. The Labute approximate surface area is 203 Å². The lowest BCUT2D eigenvalue weighted by molar-refractivity contribution is -0.0544. The molecule has 0 saturated heterocycles. The molecule has 0 aliphatic heterocycles. The minimum atomic E-state index is -3.41. The van der Waals surface area contributed by atoms with Crippen molar-refractivity contribution in [2.75, 3.05) is 0 Å². The van der Waals surface area contributed by atoms with Crippen LogP contribution in [-0.2, 0) is 6.42 Å². The first-order valence-electron chi connectivity index (χ1n) is 11.3. The molecule has 0 aromatic heterocycles. The van der Waals surface area contributed by atoms with Crippen LogP contribution in [0.5, 0.6) is 5.75 Å². The fourth-order valence-electron chi connectivity index (χ4n) is 4.21. The molecule has 0 aliphatic rings. The molecule has 4 rings (SSSR count). The second-order valence-electron chi connectivity index (χ2n) is 8.40. The molecule has 0 fully saturated rings. The van der Waals surface area contributed by atoms with E-state index in [0.29, 0.717) is 12.0 Å². The number of ether oxygens (including phenoxy) is 1. The lowest BCUT2D eigenvalue weighted by atomic mass is 9.96. The van der Waals surface area contributed by atoms with Gasteiger partial charge in [0.05, 0.1) is 5.56 Å². The third-order valence-corrected chi connectivity index (χ3v) is 5.93.